The Balaban J connectivity index is 3.98. The van der Waals surface area contributed by atoms with Gasteiger partial charge >= 0.3 is 5.97 Å². The van der Waals surface area contributed by atoms with Crippen molar-refractivity contribution in [3.05, 3.63) is 12.7 Å². The quantitative estimate of drug-likeness (QED) is 0.308. The van der Waals surface area contributed by atoms with Crippen molar-refractivity contribution in [3.8, 4) is 0 Å². The van der Waals surface area contributed by atoms with Gasteiger partial charge in [0.1, 0.15) is 12.7 Å². The lowest BCUT2D eigenvalue weighted by atomic mass is 10.4. The molecule has 0 aliphatic rings. The molecule has 0 aromatic heterocycles. The Hall–Kier alpha value is -0.310. The first-order valence-corrected chi connectivity index (χ1v) is 7.03. The zero-order valence-electron chi connectivity index (χ0n) is 8.23. The van der Waals surface area contributed by atoms with Gasteiger partial charge in [-0.2, -0.15) is 0 Å². The molecule has 6 heteroatoms. The minimum Gasteiger partial charge on any atom is -0.460 e. The van der Waals surface area contributed by atoms with Crippen molar-refractivity contribution in [3.63, 3.8) is 0 Å². The van der Waals surface area contributed by atoms with Gasteiger partial charge in [0.05, 0.1) is 5.88 Å². The first-order valence-electron chi connectivity index (χ1n) is 3.97. The SMILES string of the molecule is C=CC(=O)OCC(CCl)OP(C)(C)=O. The third-order valence-electron chi connectivity index (χ3n) is 1.15. The lowest BCUT2D eigenvalue weighted by Crippen LogP contribution is -2.22. The summed E-state index contributed by atoms with van der Waals surface area (Å²) in [6.45, 7) is 6.17. The van der Waals surface area contributed by atoms with Crippen molar-refractivity contribution >= 4 is 24.9 Å². The van der Waals surface area contributed by atoms with Crippen LogP contribution < -0.4 is 0 Å². The van der Waals surface area contributed by atoms with Gasteiger partial charge in [-0.3, -0.25) is 4.57 Å². The van der Waals surface area contributed by atoms with Gasteiger partial charge in [-0.15, -0.1) is 11.6 Å². The van der Waals surface area contributed by atoms with E-state index in [1.54, 1.807) is 0 Å². The number of esters is 1. The Morgan fingerprint density at radius 3 is 2.57 bits per heavy atom. The molecule has 0 saturated carbocycles. The van der Waals surface area contributed by atoms with Crippen LogP contribution in [-0.4, -0.2) is 37.9 Å². The summed E-state index contributed by atoms with van der Waals surface area (Å²) >= 11 is 5.54. The van der Waals surface area contributed by atoms with Gasteiger partial charge in [-0.25, -0.2) is 4.79 Å². The van der Waals surface area contributed by atoms with Crippen molar-refractivity contribution in [2.45, 2.75) is 6.10 Å². The molecule has 1 unspecified atom stereocenters. The van der Waals surface area contributed by atoms with Crippen molar-refractivity contribution in [1.82, 2.24) is 0 Å². The van der Waals surface area contributed by atoms with E-state index in [9.17, 15) is 9.36 Å². The van der Waals surface area contributed by atoms with Crippen molar-refractivity contribution < 1.29 is 18.6 Å². The monoisotopic (exact) mass is 240 g/mol. The molecule has 0 fully saturated rings. The number of carbonyl (C=O) groups is 1. The summed E-state index contributed by atoms with van der Waals surface area (Å²) in [4.78, 5) is 10.7. The molecule has 0 aromatic rings. The Labute approximate surface area is 88.7 Å². The van der Waals surface area contributed by atoms with E-state index in [1.165, 1.54) is 13.3 Å². The Bertz CT molecular complexity index is 248. The van der Waals surface area contributed by atoms with E-state index in [-0.39, 0.29) is 12.5 Å². The van der Waals surface area contributed by atoms with Crippen LogP contribution in [0.5, 0.6) is 0 Å². The molecule has 0 aliphatic carbocycles. The summed E-state index contributed by atoms with van der Waals surface area (Å²) in [6.07, 6.45) is 0.504. The molecule has 0 amide bonds. The maximum absolute atomic E-state index is 11.3. The van der Waals surface area contributed by atoms with Crippen LogP contribution in [0, 0.1) is 0 Å². The van der Waals surface area contributed by atoms with Crippen LogP contribution in [-0.2, 0) is 18.6 Å². The van der Waals surface area contributed by atoms with Crippen LogP contribution in [0.2, 0.25) is 0 Å². The molecule has 0 heterocycles. The van der Waals surface area contributed by atoms with Gasteiger partial charge in [-0.05, 0) is 0 Å². The molecule has 4 nitrogen and oxygen atoms in total. The number of carbonyl (C=O) groups excluding carboxylic acids is 1. The predicted octanol–water partition coefficient (Wildman–Crippen LogP) is 1.88. The summed E-state index contributed by atoms with van der Waals surface area (Å²) in [7, 11) is -2.61. The molecule has 0 aliphatic heterocycles. The van der Waals surface area contributed by atoms with E-state index in [0.717, 1.165) is 6.08 Å². The Morgan fingerprint density at radius 2 is 2.21 bits per heavy atom. The molecule has 82 valence electrons. The van der Waals surface area contributed by atoms with Crippen LogP contribution in [0.15, 0.2) is 12.7 Å². The number of ether oxygens (including phenoxy) is 1. The molecule has 0 radical (unpaired) electrons. The van der Waals surface area contributed by atoms with E-state index in [2.05, 4.69) is 6.58 Å². The zero-order valence-corrected chi connectivity index (χ0v) is 9.88. The summed E-state index contributed by atoms with van der Waals surface area (Å²) in [6, 6.07) is 0. The molecular weight excluding hydrogens is 227 g/mol. The second-order valence-corrected chi connectivity index (χ2v) is 5.99. The van der Waals surface area contributed by atoms with Crippen LogP contribution in [0.1, 0.15) is 0 Å². The molecule has 0 spiro atoms. The number of alkyl halides is 1. The molecular formula is C8H14ClO4P. The second-order valence-electron chi connectivity index (χ2n) is 2.97. The summed E-state index contributed by atoms with van der Waals surface area (Å²) in [5, 5.41) is 0. The molecule has 0 saturated heterocycles. The lowest BCUT2D eigenvalue weighted by molar-refractivity contribution is -0.139. The predicted molar refractivity (Wildman–Crippen MR) is 56.2 cm³/mol. The van der Waals surface area contributed by atoms with Crippen molar-refractivity contribution in [2.75, 3.05) is 25.8 Å². The fourth-order valence-electron chi connectivity index (χ4n) is 0.696. The maximum atomic E-state index is 11.3. The number of hydrogen-bond acceptors (Lipinski definition) is 4. The smallest absolute Gasteiger partial charge is 0.330 e. The molecule has 0 N–H and O–H groups in total. The summed E-state index contributed by atoms with van der Waals surface area (Å²) in [5.74, 6) is -0.429. The average molecular weight is 241 g/mol. The van der Waals surface area contributed by atoms with Gasteiger partial charge in [0.2, 0.25) is 0 Å². The topological polar surface area (TPSA) is 52.6 Å². The highest BCUT2D eigenvalue weighted by atomic mass is 35.5. The molecule has 1 atom stereocenters. The molecule has 0 bridgehead atoms. The zero-order chi connectivity index (χ0) is 11.2. The normalized spacial score (nSPS) is 13.4. The van der Waals surface area contributed by atoms with Crippen molar-refractivity contribution in [1.29, 1.82) is 0 Å². The van der Waals surface area contributed by atoms with Gasteiger partial charge in [0.25, 0.3) is 0 Å². The van der Waals surface area contributed by atoms with Crippen LogP contribution in [0.25, 0.3) is 0 Å². The van der Waals surface area contributed by atoms with E-state index in [0.29, 0.717) is 0 Å². The Morgan fingerprint density at radius 1 is 1.64 bits per heavy atom. The minimum atomic E-state index is -2.61. The summed E-state index contributed by atoms with van der Waals surface area (Å²) in [5.41, 5.74) is 0. The van der Waals surface area contributed by atoms with Crippen molar-refractivity contribution in [2.24, 2.45) is 0 Å². The van der Waals surface area contributed by atoms with Gasteiger partial charge in [0, 0.05) is 19.4 Å². The van der Waals surface area contributed by atoms with Crippen LogP contribution in [0.4, 0.5) is 0 Å². The lowest BCUT2D eigenvalue weighted by Gasteiger charge is -2.17. The standard InChI is InChI=1S/C8H14ClO4P/c1-4-8(10)12-6-7(5-9)13-14(2,3)11/h4,7H,1,5-6H2,2-3H3. The third-order valence-corrected chi connectivity index (χ3v) is 2.30. The van der Waals surface area contributed by atoms with Gasteiger partial charge in [0.15, 0.2) is 7.37 Å². The minimum absolute atomic E-state index is 0.0139. The fraction of sp³-hybridized carbons (Fsp3) is 0.625. The largest absolute Gasteiger partial charge is 0.460 e. The van der Waals surface area contributed by atoms with E-state index in [4.69, 9.17) is 20.9 Å². The highest BCUT2D eigenvalue weighted by Crippen LogP contribution is 2.39. The maximum Gasteiger partial charge on any atom is 0.330 e. The van der Waals surface area contributed by atoms with Gasteiger partial charge in [-0.1, -0.05) is 6.58 Å². The second kappa shape index (κ2) is 6.23. The molecule has 0 aromatic carbocycles. The van der Waals surface area contributed by atoms with Gasteiger partial charge < -0.3 is 9.26 Å². The first kappa shape index (κ1) is 13.7. The number of halogens is 1. The molecule has 14 heavy (non-hydrogen) atoms. The number of rotatable bonds is 6. The highest BCUT2D eigenvalue weighted by Gasteiger charge is 2.17. The first-order chi connectivity index (χ1) is 6.39. The highest BCUT2D eigenvalue weighted by molar-refractivity contribution is 7.57. The molecule has 0 rings (SSSR count). The summed E-state index contributed by atoms with van der Waals surface area (Å²) < 4.78 is 21.1. The average Bonchev–Trinajstić information content (AvgIpc) is 2.09. The number of hydrogen-bond donors (Lipinski definition) is 0. The van der Waals surface area contributed by atoms with Crippen LogP contribution in [0.3, 0.4) is 0 Å². The van der Waals surface area contributed by atoms with E-state index < -0.39 is 19.4 Å². The van der Waals surface area contributed by atoms with E-state index in [1.807, 2.05) is 0 Å². The fourth-order valence-corrected chi connectivity index (χ4v) is 1.79. The van der Waals surface area contributed by atoms with Crippen LogP contribution >= 0.6 is 19.0 Å². The Kier molecular flexibility index (Phi) is 6.09. The van der Waals surface area contributed by atoms with E-state index >= 15 is 0 Å². The third kappa shape index (κ3) is 7.13.